The molecule has 0 atom stereocenters. The van der Waals surface area contributed by atoms with Crippen molar-refractivity contribution in [2.24, 2.45) is 0 Å². The molecule has 0 saturated heterocycles. The van der Waals surface area contributed by atoms with E-state index in [1.807, 2.05) is 44.2 Å². The molecule has 0 aliphatic rings. The van der Waals surface area contributed by atoms with E-state index in [0.29, 0.717) is 17.1 Å². The minimum absolute atomic E-state index is 0.140. The van der Waals surface area contributed by atoms with Gasteiger partial charge in [-0.1, -0.05) is 12.1 Å². The second-order valence-corrected chi connectivity index (χ2v) is 6.76. The number of hydrogen-bond acceptors (Lipinski definition) is 4. The third-order valence-corrected chi connectivity index (χ3v) is 4.40. The first kappa shape index (κ1) is 20.9. The highest BCUT2D eigenvalue weighted by molar-refractivity contribution is 5.94. The lowest BCUT2D eigenvalue weighted by atomic mass is 10.2. The summed E-state index contributed by atoms with van der Waals surface area (Å²) >= 11 is 0. The summed E-state index contributed by atoms with van der Waals surface area (Å²) in [5.74, 6) is 0.507. The van der Waals surface area contributed by atoms with E-state index < -0.39 is 0 Å². The Labute approximate surface area is 175 Å². The molecule has 3 rings (SSSR count). The molecule has 0 fully saturated rings. The average molecular weight is 407 g/mol. The van der Waals surface area contributed by atoms with Crippen LogP contribution in [0.2, 0.25) is 0 Å². The maximum atomic E-state index is 12.4. The molecule has 3 amide bonds. The van der Waals surface area contributed by atoms with E-state index in [1.165, 1.54) is 0 Å². The van der Waals surface area contributed by atoms with Crippen LogP contribution in [0.3, 0.4) is 0 Å². The van der Waals surface area contributed by atoms with E-state index in [0.717, 1.165) is 17.1 Å². The summed E-state index contributed by atoms with van der Waals surface area (Å²) in [4.78, 5) is 24.4. The van der Waals surface area contributed by atoms with Crippen molar-refractivity contribution >= 4 is 23.3 Å². The molecule has 1 heterocycles. The third-order valence-electron chi connectivity index (χ3n) is 4.40. The van der Waals surface area contributed by atoms with Crippen LogP contribution in [0.4, 0.5) is 16.2 Å². The number of urea groups is 1. The number of ether oxygens (including phenoxy) is 1. The molecule has 0 unspecified atom stereocenters. The number of carbonyl (C=O) groups excluding carboxylic acids is 2. The van der Waals surface area contributed by atoms with Gasteiger partial charge < -0.3 is 20.7 Å². The van der Waals surface area contributed by atoms with Gasteiger partial charge in [-0.15, -0.1) is 0 Å². The largest absolute Gasteiger partial charge is 0.497 e. The maximum Gasteiger partial charge on any atom is 0.319 e. The third kappa shape index (κ3) is 5.38. The number of benzene rings is 2. The lowest BCUT2D eigenvalue weighted by Gasteiger charge is -2.13. The normalized spacial score (nSPS) is 10.4. The molecule has 30 heavy (non-hydrogen) atoms. The van der Waals surface area contributed by atoms with E-state index in [-0.39, 0.29) is 24.9 Å². The van der Waals surface area contributed by atoms with Crippen molar-refractivity contribution in [1.82, 2.24) is 15.1 Å². The lowest BCUT2D eigenvalue weighted by molar-refractivity contribution is -0.116. The summed E-state index contributed by atoms with van der Waals surface area (Å²) < 4.78 is 6.88. The van der Waals surface area contributed by atoms with Crippen LogP contribution in [0.15, 0.2) is 54.6 Å². The number of anilines is 2. The highest BCUT2D eigenvalue weighted by Gasteiger charge is 2.11. The molecule has 0 aliphatic carbocycles. The van der Waals surface area contributed by atoms with Gasteiger partial charge in [0.15, 0.2) is 0 Å². The quantitative estimate of drug-likeness (QED) is 0.557. The number of aryl methyl sites for hydroxylation is 2. The van der Waals surface area contributed by atoms with Gasteiger partial charge in [-0.25, -0.2) is 9.48 Å². The van der Waals surface area contributed by atoms with Gasteiger partial charge in [0, 0.05) is 24.3 Å². The van der Waals surface area contributed by atoms with E-state index in [1.54, 1.807) is 36.1 Å². The van der Waals surface area contributed by atoms with Crippen molar-refractivity contribution in [2.45, 2.75) is 20.3 Å². The number of nitrogens with zero attached hydrogens (tertiary/aromatic N) is 2. The zero-order valence-corrected chi connectivity index (χ0v) is 17.2. The summed E-state index contributed by atoms with van der Waals surface area (Å²) in [6.45, 7) is 4.09. The highest BCUT2D eigenvalue weighted by atomic mass is 16.5. The summed E-state index contributed by atoms with van der Waals surface area (Å²) in [6, 6.07) is 16.1. The number of nitrogens with one attached hydrogen (secondary N) is 3. The Morgan fingerprint density at radius 2 is 1.77 bits per heavy atom. The zero-order chi connectivity index (χ0) is 21.5. The molecule has 0 spiro atoms. The molecule has 2 aromatic carbocycles. The van der Waals surface area contributed by atoms with Gasteiger partial charge in [-0.3, -0.25) is 4.79 Å². The number of carbonyl (C=O) groups is 2. The predicted molar refractivity (Wildman–Crippen MR) is 116 cm³/mol. The Hall–Kier alpha value is -3.81. The Balaban J connectivity index is 1.51. The van der Waals surface area contributed by atoms with Crippen molar-refractivity contribution in [1.29, 1.82) is 0 Å². The van der Waals surface area contributed by atoms with Gasteiger partial charge in [0.25, 0.3) is 0 Å². The Bertz CT molecular complexity index is 1030. The van der Waals surface area contributed by atoms with E-state index in [4.69, 9.17) is 4.74 Å². The summed E-state index contributed by atoms with van der Waals surface area (Å²) in [7, 11) is 1.58. The van der Waals surface area contributed by atoms with Gasteiger partial charge in [0.1, 0.15) is 5.75 Å². The molecular weight excluding hydrogens is 382 g/mol. The van der Waals surface area contributed by atoms with Crippen LogP contribution >= 0.6 is 0 Å². The van der Waals surface area contributed by atoms with E-state index in [9.17, 15) is 9.59 Å². The molecule has 3 N–H and O–H groups in total. The average Bonchev–Trinajstić information content (AvgIpc) is 3.06. The number of rotatable bonds is 7. The fourth-order valence-corrected chi connectivity index (χ4v) is 2.99. The predicted octanol–water partition coefficient (Wildman–Crippen LogP) is 3.65. The molecule has 0 saturated carbocycles. The van der Waals surface area contributed by atoms with Crippen LogP contribution in [0.25, 0.3) is 5.69 Å². The molecule has 3 aromatic rings. The summed E-state index contributed by atoms with van der Waals surface area (Å²) in [5.41, 5.74) is 3.97. The van der Waals surface area contributed by atoms with Crippen LogP contribution in [0.5, 0.6) is 5.75 Å². The fourth-order valence-electron chi connectivity index (χ4n) is 2.99. The second kappa shape index (κ2) is 9.60. The molecule has 0 bridgehead atoms. The van der Waals surface area contributed by atoms with Crippen LogP contribution in [0.1, 0.15) is 17.8 Å². The lowest BCUT2D eigenvalue weighted by Crippen LogP contribution is -2.31. The summed E-state index contributed by atoms with van der Waals surface area (Å²) in [5, 5.41) is 12.8. The van der Waals surface area contributed by atoms with Crippen LogP contribution in [-0.2, 0) is 4.79 Å². The van der Waals surface area contributed by atoms with Crippen LogP contribution < -0.4 is 20.7 Å². The Morgan fingerprint density at radius 3 is 2.43 bits per heavy atom. The number of para-hydroxylation sites is 2. The Morgan fingerprint density at radius 1 is 1.03 bits per heavy atom. The van der Waals surface area contributed by atoms with Crippen molar-refractivity contribution in [3.05, 3.63) is 66.0 Å². The zero-order valence-electron chi connectivity index (χ0n) is 17.2. The van der Waals surface area contributed by atoms with Gasteiger partial charge in [0.2, 0.25) is 5.91 Å². The standard InChI is InChI=1S/C22H25N5O3/c1-15-14-16(2)27(26-15)20-7-5-4-6-19(20)25-21(28)12-13-23-22(29)24-17-8-10-18(30-3)11-9-17/h4-11,14H,12-13H2,1-3H3,(H,25,28)(H2,23,24,29). The maximum absolute atomic E-state index is 12.4. The number of methoxy groups -OCH3 is 1. The van der Waals surface area contributed by atoms with Crippen molar-refractivity contribution < 1.29 is 14.3 Å². The van der Waals surface area contributed by atoms with Crippen molar-refractivity contribution in [3.8, 4) is 11.4 Å². The minimum Gasteiger partial charge on any atom is -0.497 e. The molecule has 156 valence electrons. The molecule has 8 heteroatoms. The Kier molecular flexibility index (Phi) is 6.69. The molecule has 8 nitrogen and oxygen atoms in total. The molecule has 0 aliphatic heterocycles. The van der Waals surface area contributed by atoms with E-state index in [2.05, 4.69) is 21.0 Å². The topological polar surface area (TPSA) is 97.3 Å². The van der Waals surface area contributed by atoms with Gasteiger partial charge in [-0.05, 0) is 56.3 Å². The minimum atomic E-state index is -0.379. The van der Waals surface area contributed by atoms with Crippen LogP contribution in [0, 0.1) is 13.8 Å². The van der Waals surface area contributed by atoms with Crippen molar-refractivity contribution in [3.63, 3.8) is 0 Å². The molecule has 1 aromatic heterocycles. The van der Waals surface area contributed by atoms with Crippen molar-refractivity contribution in [2.75, 3.05) is 24.3 Å². The fraction of sp³-hybridized carbons (Fsp3) is 0.227. The van der Waals surface area contributed by atoms with E-state index >= 15 is 0 Å². The first-order chi connectivity index (χ1) is 14.5. The number of amides is 3. The second-order valence-electron chi connectivity index (χ2n) is 6.76. The summed E-state index contributed by atoms with van der Waals surface area (Å²) in [6.07, 6.45) is 0.140. The first-order valence-corrected chi connectivity index (χ1v) is 9.57. The number of aromatic nitrogens is 2. The van der Waals surface area contributed by atoms with Gasteiger partial charge >= 0.3 is 6.03 Å². The number of hydrogen-bond donors (Lipinski definition) is 3. The highest BCUT2D eigenvalue weighted by Crippen LogP contribution is 2.21. The molecule has 0 radical (unpaired) electrons. The molecular formula is C22H25N5O3. The monoisotopic (exact) mass is 407 g/mol. The van der Waals surface area contributed by atoms with Gasteiger partial charge in [0.05, 0.1) is 24.2 Å². The van der Waals surface area contributed by atoms with Gasteiger partial charge in [-0.2, -0.15) is 5.10 Å². The van der Waals surface area contributed by atoms with Crippen LogP contribution in [-0.4, -0.2) is 35.4 Å². The SMILES string of the molecule is COc1ccc(NC(=O)NCCC(=O)Nc2ccccc2-n2nc(C)cc2C)cc1. The first-order valence-electron chi connectivity index (χ1n) is 9.57. The smallest absolute Gasteiger partial charge is 0.319 e.